The number of rotatable bonds is 6. The molecule has 1 aliphatic heterocycles. The number of hydrogen-bond donors (Lipinski definition) is 1. The van der Waals surface area contributed by atoms with E-state index >= 15 is 0 Å². The van der Waals surface area contributed by atoms with E-state index in [4.69, 9.17) is 14.1 Å². The van der Waals surface area contributed by atoms with E-state index in [9.17, 15) is 4.79 Å². The van der Waals surface area contributed by atoms with Crippen LogP contribution in [0.15, 0.2) is 53.1 Å². The Morgan fingerprint density at radius 2 is 2.07 bits per heavy atom. The van der Waals surface area contributed by atoms with Crippen LogP contribution in [-0.2, 0) is 11.3 Å². The number of fused-ring (bicyclic) bond motifs is 1. The molecule has 0 saturated carbocycles. The smallest absolute Gasteiger partial charge is 0.258 e. The molecule has 0 unspecified atom stereocenters. The average molecular weight is 379 g/mol. The maximum absolute atomic E-state index is 12.1. The van der Waals surface area contributed by atoms with E-state index in [1.807, 2.05) is 24.3 Å². The fourth-order valence-electron chi connectivity index (χ4n) is 3.43. The largest absolute Gasteiger partial charge is 0.481 e. The average Bonchev–Trinajstić information content (AvgIpc) is 3.24. The Kier molecular flexibility index (Phi) is 5.46. The Labute approximate surface area is 164 Å². The zero-order chi connectivity index (χ0) is 19.3. The Balaban J connectivity index is 1.44. The van der Waals surface area contributed by atoms with Gasteiger partial charge in [0.05, 0.1) is 12.8 Å². The molecule has 6 nitrogen and oxygen atoms in total. The van der Waals surface area contributed by atoms with Gasteiger partial charge in [-0.15, -0.1) is 0 Å². The van der Waals surface area contributed by atoms with Crippen LogP contribution in [-0.4, -0.2) is 30.6 Å². The second kappa shape index (κ2) is 8.33. The van der Waals surface area contributed by atoms with Crippen molar-refractivity contribution < 1.29 is 13.9 Å². The number of para-hydroxylation sites is 1. The first-order chi connectivity index (χ1) is 13.7. The second-order valence-electron chi connectivity index (χ2n) is 7.31. The van der Waals surface area contributed by atoms with Crippen molar-refractivity contribution in [3.8, 4) is 5.75 Å². The van der Waals surface area contributed by atoms with Crippen LogP contribution in [0.25, 0.3) is 10.9 Å². The molecule has 0 radical (unpaired) electrons. The molecular formula is C22H25N3O3. The van der Waals surface area contributed by atoms with Gasteiger partial charge < -0.3 is 19.4 Å². The summed E-state index contributed by atoms with van der Waals surface area (Å²) in [5.74, 6) is 2.88. The number of nitrogens with zero attached hydrogens (tertiary/aromatic N) is 2. The molecule has 28 heavy (non-hydrogen) atoms. The standard InChI is InChI=1S/C22H25N3O3/c1-16-9-11-25(12-10-16)20-8-7-17-4-2-6-19(22(17)24-20)28-15-21(26)23-14-18-5-3-13-27-18/h2-8,13,16H,9-12,14-15H2,1H3,(H,23,26). The fourth-order valence-corrected chi connectivity index (χ4v) is 3.43. The van der Waals surface area contributed by atoms with Gasteiger partial charge in [0.25, 0.3) is 5.91 Å². The monoisotopic (exact) mass is 379 g/mol. The number of ether oxygens (including phenoxy) is 1. The van der Waals surface area contributed by atoms with Gasteiger partial charge in [-0.2, -0.15) is 0 Å². The first kappa shape index (κ1) is 18.3. The SMILES string of the molecule is CC1CCN(c2ccc3cccc(OCC(=O)NCc4ccco4)c3n2)CC1. The van der Waals surface area contributed by atoms with Gasteiger partial charge in [-0.3, -0.25) is 4.79 Å². The van der Waals surface area contributed by atoms with Crippen LogP contribution in [0.3, 0.4) is 0 Å². The third kappa shape index (κ3) is 4.27. The Morgan fingerprint density at radius 3 is 2.86 bits per heavy atom. The highest BCUT2D eigenvalue weighted by Gasteiger charge is 2.18. The topological polar surface area (TPSA) is 67.6 Å². The van der Waals surface area contributed by atoms with Crippen LogP contribution < -0.4 is 15.0 Å². The van der Waals surface area contributed by atoms with Crippen LogP contribution >= 0.6 is 0 Å². The first-order valence-corrected chi connectivity index (χ1v) is 9.75. The summed E-state index contributed by atoms with van der Waals surface area (Å²) in [5, 5.41) is 3.79. The maximum atomic E-state index is 12.1. The van der Waals surface area contributed by atoms with E-state index < -0.39 is 0 Å². The molecule has 4 rings (SSSR count). The lowest BCUT2D eigenvalue weighted by molar-refractivity contribution is -0.123. The molecule has 1 saturated heterocycles. The molecule has 0 bridgehead atoms. The molecule has 3 heterocycles. The molecule has 0 atom stereocenters. The molecule has 1 amide bonds. The van der Waals surface area contributed by atoms with Crippen LogP contribution in [0.4, 0.5) is 5.82 Å². The normalized spacial score (nSPS) is 15.0. The van der Waals surface area contributed by atoms with E-state index in [1.54, 1.807) is 12.3 Å². The van der Waals surface area contributed by atoms with E-state index in [2.05, 4.69) is 29.3 Å². The van der Waals surface area contributed by atoms with Crippen LogP contribution in [0.2, 0.25) is 0 Å². The molecular weight excluding hydrogens is 354 g/mol. The van der Waals surface area contributed by atoms with Crippen molar-refractivity contribution >= 4 is 22.6 Å². The maximum Gasteiger partial charge on any atom is 0.258 e. The summed E-state index contributed by atoms with van der Waals surface area (Å²) in [6.45, 7) is 4.64. The highest BCUT2D eigenvalue weighted by atomic mass is 16.5. The van der Waals surface area contributed by atoms with Gasteiger partial charge in [0, 0.05) is 18.5 Å². The van der Waals surface area contributed by atoms with Crippen molar-refractivity contribution in [1.29, 1.82) is 0 Å². The molecule has 1 N–H and O–H groups in total. The molecule has 1 fully saturated rings. The minimum Gasteiger partial charge on any atom is -0.481 e. The molecule has 1 aliphatic rings. The van der Waals surface area contributed by atoms with Gasteiger partial charge in [0.2, 0.25) is 0 Å². The molecule has 6 heteroatoms. The summed E-state index contributed by atoms with van der Waals surface area (Å²) in [6.07, 6.45) is 3.96. The van der Waals surface area contributed by atoms with Gasteiger partial charge >= 0.3 is 0 Å². The van der Waals surface area contributed by atoms with E-state index in [1.165, 1.54) is 12.8 Å². The lowest BCUT2D eigenvalue weighted by atomic mass is 9.99. The summed E-state index contributed by atoms with van der Waals surface area (Å²) < 4.78 is 11.0. The second-order valence-corrected chi connectivity index (χ2v) is 7.31. The highest BCUT2D eigenvalue weighted by molar-refractivity contribution is 5.86. The van der Waals surface area contributed by atoms with E-state index in [0.717, 1.165) is 35.7 Å². The van der Waals surface area contributed by atoms with Crippen LogP contribution in [0.1, 0.15) is 25.5 Å². The zero-order valence-electron chi connectivity index (χ0n) is 16.1. The Morgan fingerprint density at radius 1 is 1.21 bits per heavy atom. The molecule has 1 aromatic carbocycles. The number of piperidine rings is 1. The number of amides is 1. The fraction of sp³-hybridized carbons (Fsp3) is 0.364. The molecule has 2 aromatic heterocycles. The molecule has 146 valence electrons. The lowest BCUT2D eigenvalue weighted by Gasteiger charge is -2.31. The number of hydrogen-bond acceptors (Lipinski definition) is 5. The van der Waals surface area contributed by atoms with Crippen molar-refractivity contribution in [2.24, 2.45) is 5.92 Å². The van der Waals surface area contributed by atoms with Crippen molar-refractivity contribution in [2.45, 2.75) is 26.3 Å². The highest BCUT2D eigenvalue weighted by Crippen LogP contribution is 2.28. The van der Waals surface area contributed by atoms with Crippen molar-refractivity contribution in [2.75, 3.05) is 24.6 Å². The molecule has 0 aliphatic carbocycles. The summed E-state index contributed by atoms with van der Waals surface area (Å²) in [7, 11) is 0. The lowest BCUT2D eigenvalue weighted by Crippen LogP contribution is -2.33. The number of pyridine rings is 1. The van der Waals surface area contributed by atoms with Gasteiger partial charge in [-0.05, 0) is 49.1 Å². The molecule has 3 aromatic rings. The van der Waals surface area contributed by atoms with Crippen molar-refractivity contribution in [3.63, 3.8) is 0 Å². The quantitative estimate of drug-likeness (QED) is 0.706. The van der Waals surface area contributed by atoms with Crippen LogP contribution in [0.5, 0.6) is 5.75 Å². The predicted octanol–water partition coefficient (Wildman–Crippen LogP) is 3.76. The minimum atomic E-state index is -0.199. The minimum absolute atomic E-state index is 0.0625. The predicted molar refractivity (Wildman–Crippen MR) is 108 cm³/mol. The number of furan rings is 1. The van der Waals surface area contributed by atoms with Crippen LogP contribution in [0, 0.1) is 5.92 Å². The number of anilines is 1. The van der Waals surface area contributed by atoms with Crippen molar-refractivity contribution in [1.82, 2.24) is 10.3 Å². The zero-order valence-corrected chi connectivity index (χ0v) is 16.1. The number of benzene rings is 1. The van der Waals surface area contributed by atoms with E-state index in [-0.39, 0.29) is 12.5 Å². The van der Waals surface area contributed by atoms with Crippen molar-refractivity contribution in [3.05, 3.63) is 54.5 Å². The van der Waals surface area contributed by atoms with Gasteiger partial charge in [-0.1, -0.05) is 19.1 Å². The van der Waals surface area contributed by atoms with Gasteiger partial charge in [-0.25, -0.2) is 4.98 Å². The Bertz CT molecular complexity index is 931. The summed E-state index contributed by atoms with van der Waals surface area (Å²) in [6, 6.07) is 13.5. The Hall–Kier alpha value is -3.02. The van der Waals surface area contributed by atoms with Gasteiger partial charge in [0.1, 0.15) is 22.8 Å². The third-order valence-electron chi connectivity index (χ3n) is 5.17. The van der Waals surface area contributed by atoms with E-state index in [0.29, 0.717) is 18.1 Å². The summed E-state index contributed by atoms with van der Waals surface area (Å²) in [4.78, 5) is 19.3. The molecule has 0 spiro atoms. The number of aromatic nitrogens is 1. The van der Waals surface area contributed by atoms with Gasteiger partial charge in [0.15, 0.2) is 6.61 Å². The summed E-state index contributed by atoms with van der Waals surface area (Å²) in [5.41, 5.74) is 0.789. The third-order valence-corrected chi connectivity index (χ3v) is 5.17. The summed E-state index contributed by atoms with van der Waals surface area (Å²) >= 11 is 0. The number of carbonyl (C=O) groups excluding carboxylic acids is 1. The number of nitrogens with one attached hydrogen (secondary N) is 1. The number of carbonyl (C=O) groups is 1. The first-order valence-electron chi connectivity index (χ1n) is 9.75.